The summed E-state index contributed by atoms with van der Waals surface area (Å²) in [5.41, 5.74) is 3.70. The van der Waals surface area contributed by atoms with Gasteiger partial charge < -0.3 is 10.1 Å². The molecule has 0 saturated carbocycles. The molecule has 5 heteroatoms. The Labute approximate surface area is 127 Å². The van der Waals surface area contributed by atoms with Crippen molar-refractivity contribution in [2.45, 2.75) is 25.5 Å². The summed E-state index contributed by atoms with van der Waals surface area (Å²) < 4.78 is 8.07. The molecule has 0 fully saturated rings. The Hall–Kier alpha value is -1.85. The lowest BCUT2D eigenvalue weighted by atomic mass is 10.1. The summed E-state index contributed by atoms with van der Waals surface area (Å²) >= 11 is 1.64. The van der Waals surface area contributed by atoms with Crippen molar-refractivity contribution in [1.82, 2.24) is 14.7 Å². The molecule has 2 aromatic heterocycles. The Morgan fingerprint density at radius 2 is 2.43 bits per heavy atom. The maximum Gasteiger partial charge on any atom is 0.193 e. The first-order valence-corrected chi connectivity index (χ1v) is 8.06. The molecular weight excluding hydrogens is 282 g/mol. The van der Waals surface area contributed by atoms with Gasteiger partial charge in [0.15, 0.2) is 4.96 Å². The Morgan fingerprint density at radius 1 is 1.48 bits per heavy atom. The van der Waals surface area contributed by atoms with Crippen LogP contribution in [0.1, 0.15) is 29.3 Å². The van der Waals surface area contributed by atoms with Crippen LogP contribution < -0.4 is 10.1 Å². The monoisotopic (exact) mass is 299 g/mol. The van der Waals surface area contributed by atoms with E-state index >= 15 is 0 Å². The van der Waals surface area contributed by atoms with Gasteiger partial charge in [-0.2, -0.15) is 0 Å². The number of fused-ring (bicyclic) bond motifs is 2. The number of rotatable bonds is 4. The van der Waals surface area contributed by atoms with Crippen molar-refractivity contribution in [3.05, 3.63) is 52.8 Å². The zero-order valence-corrected chi connectivity index (χ0v) is 12.7. The van der Waals surface area contributed by atoms with E-state index in [0.29, 0.717) is 12.6 Å². The Balaban J connectivity index is 1.55. The number of nitrogens with one attached hydrogen (secondary N) is 1. The number of thiazole rings is 1. The molecule has 0 radical (unpaired) electrons. The zero-order chi connectivity index (χ0) is 14.2. The molecule has 0 bridgehead atoms. The molecule has 21 heavy (non-hydrogen) atoms. The highest BCUT2D eigenvalue weighted by atomic mass is 32.1. The number of nitrogens with zero attached hydrogens (tertiary/aromatic N) is 2. The highest BCUT2D eigenvalue weighted by molar-refractivity contribution is 7.15. The third-order valence-corrected chi connectivity index (χ3v) is 4.87. The molecule has 108 valence electrons. The number of imidazole rings is 1. The van der Waals surface area contributed by atoms with Gasteiger partial charge in [0.25, 0.3) is 0 Å². The molecule has 0 saturated heterocycles. The second-order valence-corrected chi connectivity index (χ2v) is 6.19. The van der Waals surface area contributed by atoms with Gasteiger partial charge in [0.05, 0.1) is 5.69 Å². The summed E-state index contributed by atoms with van der Waals surface area (Å²) in [7, 11) is 2.02. The SMILES string of the molecule is CNC1CCc2c(OCc3cn4ccsc4n3)cccc21. The van der Waals surface area contributed by atoms with Crippen LogP contribution in [0.2, 0.25) is 0 Å². The van der Waals surface area contributed by atoms with Crippen molar-refractivity contribution in [1.29, 1.82) is 0 Å². The minimum atomic E-state index is 0.460. The van der Waals surface area contributed by atoms with E-state index in [4.69, 9.17) is 4.74 Å². The highest BCUT2D eigenvalue weighted by Gasteiger charge is 2.23. The lowest BCUT2D eigenvalue weighted by Gasteiger charge is -2.12. The van der Waals surface area contributed by atoms with Crippen LogP contribution in [0.3, 0.4) is 0 Å². The first kappa shape index (κ1) is 12.9. The van der Waals surface area contributed by atoms with Crippen molar-refractivity contribution in [3.63, 3.8) is 0 Å². The molecule has 1 aromatic carbocycles. The van der Waals surface area contributed by atoms with Crippen molar-refractivity contribution in [2.75, 3.05) is 7.05 Å². The van der Waals surface area contributed by atoms with Crippen LogP contribution in [0.5, 0.6) is 5.75 Å². The predicted molar refractivity (Wildman–Crippen MR) is 84.0 cm³/mol. The minimum Gasteiger partial charge on any atom is -0.487 e. The number of benzene rings is 1. The van der Waals surface area contributed by atoms with Crippen LogP contribution in [-0.4, -0.2) is 16.4 Å². The molecule has 0 spiro atoms. The first-order valence-electron chi connectivity index (χ1n) is 7.18. The summed E-state index contributed by atoms with van der Waals surface area (Å²) in [6, 6.07) is 6.80. The largest absolute Gasteiger partial charge is 0.487 e. The van der Waals surface area contributed by atoms with Crippen molar-refractivity contribution in [3.8, 4) is 5.75 Å². The first-order chi connectivity index (χ1) is 10.3. The summed E-state index contributed by atoms with van der Waals surface area (Å²) in [6.07, 6.45) is 6.28. The van der Waals surface area contributed by atoms with Gasteiger partial charge in [0.2, 0.25) is 0 Å². The van der Waals surface area contributed by atoms with E-state index in [2.05, 4.69) is 28.5 Å². The van der Waals surface area contributed by atoms with Gasteiger partial charge in [0.1, 0.15) is 12.4 Å². The predicted octanol–water partition coefficient (Wildman–Crippen LogP) is 3.18. The average molecular weight is 299 g/mol. The zero-order valence-electron chi connectivity index (χ0n) is 11.9. The smallest absolute Gasteiger partial charge is 0.193 e. The van der Waals surface area contributed by atoms with Crippen molar-refractivity contribution >= 4 is 16.3 Å². The minimum absolute atomic E-state index is 0.460. The summed E-state index contributed by atoms with van der Waals surface area (Å²) in [5, 5.41) is 5.40. The molecule has 0 amide bonds. The maximum atomic E-state index is 6.03. The van der Waals surface area contributed by atoms with Gasteiger partial charge in [0, 0.05) is 23.8 Å². The van der Waals surface area contributed by atoms with Crippen molar-refractivity contribution < 1.29 is 4.74 Å². The summed E-state index contributed by atoms with van der Waals surface area (Å²) in [5.74, 6) is 1.00. The molecule has 1 N–H and O–H groups in total. The molecule has 4 rings (SSSR count). The fraction of sp³-hybridized carbons (Fsp3) is 0.312. The van der Waals surface area contributed by atoms with Crippen LogP contribution in [0.4, 0.5) is 0 Å². The molecule has 1 aliphatic rings. The lowest BCUT2D eigenvalue weighted by Crippen LogP contribution is -2.12. The average Bonchev–Trinajstić information content (AvgIpc) is 3.18. The van der Waals surface area contributed by atoms with Crippen LogP contribution in [0.25, 0.3) is 4.96 Å². The molecule has 3 aromatic rings. The van der Waals surface area contributed by atoms with Gasteiger partial charge in [-0.1, -0.05) is 12.1 Å². The molecule has 4 nitrogen and oxygen atoms in total. The molecular formula is C16H17N3OS. The quantitative estimate of drug-likeness (QED) is 0.804. The molecule has 0 aliphatic heterocycles. The maximum absolute atomic E-state index is 6.03. The van der Waals surface area contributed by atoms with Gasteiger partial charge in [-0.25, -0.2) is 4.98 Å². The Morgan fingerprint density at radius 3 is 3.29 bits per heavy atom. The summed E-state index contributed by atoms with van der Waals surface area (Å²) in [6.45, 7) is 0.523. The van der Waals surface area contributed by atoms with E-state index in [-0.39, 0.29) is 0 Å². The van der Waals surface area contributed by atoms with E-state index < -0.39 is 0 Å². The van der Waals surface area contributed by atoms with E-state index in [0.717, 1.165) is 29.2 Å². The summed E-state index contributed by atoms with van der Waals surface area (Å²) in [4.78, 5) is 5.57. The van der Waals surface area contributed by atoms with E-state index in [1.165, 1.54) is 11.1 Å². The fourth-order valence-electron chi connectivity index (χ4n) is 3.05. The molecule has 2 heterocycles. The fourth-order valence-corrected chi connectivity index (χ4v) is 3.77. The number of hydrogen-bond acceptors (Lipinski definition) is 4. The van der Waals surface area contributed by atoms with Gasteiger partial charge in [-0.05, 0) is 37.1 Å². The third-order valence-electron chi connectivity index (χ3n) is 4.09. The van der Waals surface area contributed by atoms with Gasteiger partial charge >= 0.3 is 0 Å². The van der Waals surface area contributed by atoms with Crippen LogP contribution in [0, 0.1) is 0 Å². The van der Waals surface area contributed by atoms with Crippen LogP contribution >= 0.6 is 11.3 Å². The highest BCUT2D eigenvalue weighted by Crippen LogP contribution is 2.36. The molecule has 1 atom stereocenters. The molecule has 1 aliphatic carbocycles. The lowest BCUT2D eigenvalue weighted by molar-refractivity contribution is 0.299. The van der Waals surface area contributed by atoms with E-state index in [1.807, 2.05) is 29.2 Å². The van der Waals surface area contributed by atoms with Gasteiger partial charge in [-0.3, -0.25) is 4.40 Å². The van der Waals surface area contributed by atoms with Crippen LogP contribution in [0.15, 0.2) is 36.0 Å². The Kier molecular flexibility index (Phi) is 3.16. The third kappa shape index (κ3) is 2.22. The second kappa shape index (κ2) is 5.16. The van der Waals surface area contributed by atoms with E-state index in [9.17, 15) is 0 Å². The number of hydrogen-bond donors (Lipinski definition) is 1. The van der Waals surface area contributed by atoms with Crippen molar-refractivity contribution in [2.24, 2.45) is 0 Å². The standard InChI is InChI=1S/C16H17N3OS/c1-17-14-6-5-13-12(14)3-2-4-15(13)20-10-11-9-19-7-8-21-16(19)18-11/h2-4,7-9,14,17H,5-6,10H2,1H3. The number of ether oxygens (including phenoxy) is 1. The van der Waals surface area contributed by atoms with E-state index in [1.54, 1.807) is 11.3 Å². The molecule has 1 unspecified atom stereocenters. The topological polar surface area (TPSA) is 38.6 Å². The normalized spacial score (nSPS) is 17.3. The second-order valence-electron chi connectivity index (χ2n) is 5.32. The number of aromatic nitrogens is 2. The Bertz CT molecular complexity index is 748. The van der Waals surface area contributed by atoms with Gasteiger partial charge in [-0.15, -0.1) is 11.3 Å². The van der Waals surface area contributed by atoms with Crippen LogP contribution in [-0.2, 0) is 13.0 Å².